The molecular weight excluding hydrogens is 848 g/mol. The van der Waals surface area contributed by atoms with Gasteiger partial charge >= 0.3 is 5.97 Å². The Bertz CT molecular complexity index is 2100. The SMILES string of the molecule is CCCC(NC(=O)[C@@H]1C[C@@H](OC(C)(C)C)CN1C(=O)[C@@H](NC(=O)c1c(F)c(F)c(F)c(F)c1C(=O)O)C1CCCCC1)C(=O)C(=O)NCC(=O)NC(C(N)=O)c1cccc(Cl)c1. The molecule has 2 fully saturated rings. The monoisotopic (exact) mass is 896 g/mol. The number of carbonyl (C=O) groups excluding carboxylic acids is 7. The predicted molar refractivity (Wildman–Crippen MR) is 212 cm³/mol. The molecule has 4 rings (SSSR count). The molecule has 2 aromatic carbocycles. The van der Waals surface area contributed by atoms with Crippen LogP contribution in [0.15, 0.2) is 24.3 Å². The van der Waals surface area contributed by atoms with Crippen molar-refractivity contribution in [3.63, 3.8) is 0 Å². The van der Waals surface area contributed by atoms with E-state index in [1.165, 1.54) is 24.3 Å². The Morgan fingerprint density at radius 1 is 0.919 bits per heavy atom. The molecule has 6 amide bonds. The maximum atomic E-state index is 15.1. The van der Waals surface area contributed by atoms with Gasteiger partial charge in [0.15, 0.2) is 23.3 Å². The standard InChI is InChI=1S/C41H49ClF4N6O10/c1-5-10-23(34(54)38(58)48-17-25(53)50-32(35(47)55)20-13-9-14-21(42)15-20)49-36(56)24-16-22(62-41(2,3)4)18-52(24)39(59)33(19-11-7-6-8-12-19)51-37(57)26-27(40(60)61)29(44)31(46)30(45)28(26)43/h9,13-15,19,22-24,32-33H,5-8,10-12,16-18H2,1-4H3,(H2,47,55)(H,48,58)(H,49,56)(H,50,53)(H,51,57)(H,60,61)/t22-,23?,24+,32?,33+/m1/s1. The van der Waals surface area contributed by atoms with E-state index in [4.69, 9.17) is 22.1 Å². The number of nitrogens with two attached hydrogens (primary N) is 1. The average molecular weight is 897 g/mol. The molecule has 1 aliphatic carbocycles. The largest absolute Gasteiger partial charge is 0.478 e. The third-order valence-electron chi connectivity index (χ3n) is 10.4. The number of ether oxygens (including phenoxy) is 1. The number of likely N-dealkylation sites (tertiary alicyclic amines) is 1. The van der Waals surface area contributed by atoms with Crippen LogP contribution in [0.4, 0.5) is 17.6 Å². The first-order valence-electron chi connectivity index (χ1n) is 19.9. The fraction of sp³-hybridized carbons (Fsp3) is 0.512. The van der Waals surface area contributed by atoms with Crippen molar-refractivity contribution in [1.82, 2.24) is 26.2 Å². The van der Waals surface area contributed by atoms with E-state index in [-0.39, 0.29) is 36.4 Å². The minimum Gasteiger partial charge on any atom is -0.478 e. The van der Waals surface area contributed by atoms with Gasteiger partial charge in [-0.15, -0.1) is 0 Å². The summed E-state index contributed by atoms with van der Waals surface area (Å²) in [4.78, 5) is 107. The maximum absolute atomic E-state index is 15.1. The second kappa shape index (κ2) is 21.0. The first kappa shape index (κ1) is 49.0. The predicted octanol–water partition coefficient (Wildman–Crippen LogP) is 3.37. The zero-order chi connectivity index (χ0) is 46.2. The second-order valence-corrected chi connectivity index (χ2v) is 16.5. The molecule has 2 unspecified atom stereocenters. The van der Waals surface area contributed by atoms with Crippen LogP contribution in [-0.4, -0.2) is 100 Å². The molecule has 21 heteroatoms. The first-order chi connectivity index (χ1) is 29.1. The highest BCUT2D eigenvalue weighted by Gasteiger charge is 2.47. The zero-order valence-corrected chi connectivity index (χ0v) is 35.1. The summed E-state index contributed by atoms with van der Waals surface area (Å²) in [5, 5.41) is 19.0. The van der Waals surface area contributed by atoms with E-state index in [0.717, 1.165) is 11.3 Å². The van der Waals surface area contributed by atoms with Crippen LogP contribution in [0, 0.1) is 29.2 Å². The lowest BCUT2D eigenvalue weighted by Crippen LogP contribution is -2.58. The number of benzene rings is 2. The molecule has 16 nitrogen and oxygen atoms in total. The van der Waals surface area contributed by atoms with E-state index < -0.39 is 130 Å². The highest BCUT2D eigenvalue weighted by molar-refractivity contribution is 6.38. The Kier molecular flexibility index (Phi) is 16.6. The molecule has 1 aliphatic heterocycles. The van der Waals surface area contributed by atoms with Crippen LogP contribution in [0.1, 0.15) is 111 Å². The van der Waals surface area contributed by atoms with Crippen LogP contribution in [0.5, 0.6) is 0 Å². The van der Waals surface area contributed by atoms with Gasteiger partial charge in [-0.2, -0.15) is 0 Å². The van der Waals surface area contributed by atoms with Crippen LogP contribution in [0.3, 0.4) is 0 Å². The molecule has 1 saturated carbocycles. The molecule has 0 bridgehead atoms. The number of amides is 6. The van der Waals surface area contributed by atoms with Gasteiger partial charge in [0.05, 0.1) is 29.9 Å². The smallest absolute Gasteiger partial charge is 0.339 e. The number of carbonyl (C=O) groups is 8. The molecule has 0 aromatic heterocycles. The zero-order valence-electron chi connectivity index (χ0n) is 34.4. The van der Waals surface area contributed by atoms with Crippen molar-refractivity contribution in [2.24, 2.45) is 11.7 Å². The fourth-order valence-corrected chi connectivity index (χ4v) is 7.81. The normalized spacial score (nSPS) is 18.2. The Hall–Kier alpha value is -5.63. The molecule has 1 heterocycles. The lowest BCUT2D eigenvalue weighted by Gasteiger charge is -2.35. The number of hydrogen-bond donors (Lipinski definition) is 6. The Balaban J connectivity index is 1.58. The Morgan fingerprint density at radius 2 is 1.55 bits per heavy atom. The average Bonchev–Trinajstić information content (AvgIpc) is 3.63. The van der Waals surface area contributed by atoms with E-state index in [9.17, 15) is 56.6 Å². The molecule has 2 aliphatic rings. The number of nitrogens with one attached hydrogen (secondary N) is 4. The van der Waals surface area contributed by atoms with Crippen molar-refractivity contribution in [3.05, 3.63) is 69.2 Å². The number of aromatic carboxylic acids is 1. The molecule has 2 aromatic rings. The Morgan fingerprint density at radius 3 is 2.11 bits per heavy atom. The van der Waals surface area contributed by atoms with Gasteiger partial charge < -0.3 is 41.7 Å². The summed E-state index contributed by atoms with van der Waals surface area (Å²) < 4.78 is 64.3. The maximum Gasteiger partial charge on any atom is 0.339 e. The van der Waals surface area contributed by atoms with E-state index >= 15 is 4.39 Å². The van der Waals surface area contributed by atoms with Gasteiger partial charge in [-0.3, -0.25) is 33.6 Å². The minimum atomic E-state index is -2.46. The molecule has 1 saturated heterocycles. The van der Waals surface area contributed by atoms with E-state index in [1.807, 2.05) is 0 Å². The van der Waals surface area contributed by atoms with Gasteiger partial charge in [0.25, 0.3) is 11.8 Å². The second-order valence-electron chi connectivity index (χ2n) is 16.1. The van der Waals surface area contributed by atoms with Gasteiger partial charge in [0, 0.05) is 18.0 Å². The number of rotatable bonds is 17. The van der Waals surface area contributed by atoms with E-state index in [2.05, 4.69) is 21.3 Å². The number of carboxylic acid groups (broad SMARTS) is 1. The van der Waals surface area contributed by atoms with E-state index in [1.54, 1.807) is 27.7 Å². The molecular formula is C41H49ClF4N6O10. The highest BCUT2D eigenvalue weighted by atomic mass is 35.5. The topological polar surface area (TPSA) is 243 Å². The lowest BCUT2D eigenvalue weighted by molar-refractivity contribution is -0.143. The van der Waals surface area contributed by atoms with Gasteiger partial charge in [-0.05, 0) is 63.6 Å². The number of Topliss-reactive ketones (excluding diaryl/α,β-unsaturated/α-hetero) is 1. The van der Waals surface area contributed by atoms with Crippen molar-refractivity contribution in [3.8, 4) is 0 Å². The molecule has 0 spiro atoms. The van der Waals surface area contributed by atoms with Crippen molar-refractivity contribution in [2.45, 2.75) is 115 Å². The summed E-state index contributed by atoms with van der Waals surface area (Å²) in [5.41, 5.74) is 1.42. The summed E-state index contributed by atoms with van der Waals surface area (Å²) in [7, 11) is 0. The Labute approximate surface area is 359 Å². The third-order valence-corrected chi connectivity index (χ3v) is 10.6. The number of hydrogen-bond acceptors (Lipinski definition) is 9. The molecule has 7 N–H and O–H groups in total. The molecule has 338 valence electrons. The summed E-state index contributed by atoms with van der Waals surface area (Å²) in [6.07, 6.45) is 1.73. The third kappa shape index (κ3) is 12.0. The number of nitrogens with zero attached hydrogens (tertiary/aromatic N) is 1. The van der Waals surface area contributed by atoms with Crippen LogP contribution in [-0.2, 0) is 33.5 Å². The van der Waals surface area contributed by atoms with E-state index in [0.29, 0.717) is 25.7 Å². The lowest BCUT2D eigenvalue weighted by atomic mass is 9.83. The van der Waals surface area contributed by atoms with Gasteiger partial charge in [0.2, 0.25) is 29.4 Å². The summed E-state index contributed by atoms with van der Waals surface area (Å²) in [5.74, 6) is -20.4. The number of halogens is 5. The molecule has 5 atom stereocenters. The van der Waals surface area contributed by atoms with Crippen molar-refractivity contribution >= 4 is 58.8 Å². The van der Waals surface area contributed by atoms with Gasteiger partial charge in [-0.25, -0.2) is 22.4 Å². The quantitative estimate of drug-likeness (QED) is 0.0586. The van der Waals surface area contributed by atoms with Crippen LogP contribution < -0.4 is 27.0 Å². The summed E-state index contributed by atoms with van der Waals surface area (Å²) in [6.45, 7) is 5.77. The van der Waals surface area contributed by atoms with Crippen LogP contribution in [0.2, 0.25) is 5.02 Å². The summed E-state index contributed by atoms with van der Waals surface area (Å²) >= 11 is 5.98. The minimum absolute atomic E-state index is 0.0751. The first-order valence-corrected chi connectivity index (χ1v) is 20.3. The van der Waals surface area contributed by atoms with Crippen LogP contribution >= 0.6 is 11.6 Å². The molecule has 62 heavy (non-hydrogen) atoms. The fourth-order valence-electron chi connectivity index (χ4n) is 7.61. The van der Waals surface area contributed by atoms with Crippen molar-refractivity contribution in [2.75, 3.05) is 13.1 Å². The highest BCUT2D eigenvalue weighted by Crippen LogP contribution is 2.32. The van der Waals surface area contributed by atoms with Crippen molar-refractivity contribution < 1.29 is 65.8 Å². The number of primary amides is 1. The van der Waals surface area contributed by atoms with Crippen molar-refractivity contribution in [1.29, 1.82) is 0 Å². The number of ketones is 1. The summed E-state index contributed by atoms with van der Waals surface area (Å²) in [6, 6.07) is 0.103. The van der Waals surface area contributed by atoms with Gasteiger partial charge in [-0.1, -0.05) is 56.3 Å². The number of carboxylic acids is 1. The molecule has 0 radical (unpaired) electrons. The van der Waals surface area contributed by atoms with Gasteiger partial charge in [0.1, 0.15) is 23.7 Å². The van der Waals surface area contributed by atoms with Crippen LogP contribution in [0.25, 0.3) is 0 Å².